The summed E-state index contributed by atoms with van der Waals surface area (Å²) in [6.45, 7) is 3.57. The number of carbonyl (C=O) groups is 2. The summed E-state index contributed by atoms with van der Waals surface area (Å²) in [6.07, 6.45) is 5.05. The number of nitrogens with one attached hydrogen (secondary N) is 1. The molecule has 1 aliphatic carbocycles. The molecule has 8 heteroatoms. The van der Waals surface area contributed by atoms with Crippen LogP contribution >= 0.6 is 11.3 Å². The lowest BCUT2D eigenvalue weighted by Gasteiger charge is -2.40. The molecule has 1 unspecified atom stereocenters. The lowest BCUT2D eigenvalue weighted by molar-refractivity contribution is -0.134. The molecule has 2 amide bonds. The van der Waals surface area contributed by atoms with Gasteiger partial charge in [-0.15, -0.1) is 11.3 Å². The summed E-state index contributed by atoms with van der Waals surface area (Å²) in [5.74, 6) is 2.15. The van der Waals surface area contributed by atoms with Crippen LogP contribution in [0.5, 0.6) is 11.5 Å². The van der Waals surface area contributed by atoms with E-state index in [4.69, 9.17) is 9.47 Å². The molecule has 1 saturated heterocycles. The number of piperazine rings is 1. The molecular formula is C25H31N3O4S. The Hall–Kier alpha value is -2.58. The van der Waals surface area contributed by atoms with E-state index in [1.807, 2.05) is 40.6 Å². The van der Waals surface area contributed by atoms with E-state index in [1.165, 1.54) is 12.8 Å². The van der Waals surface area contributed by atoms with Crippen LogP contribution in [0.15, 0.2) is 35.7 Å². The number of carbonyl (C=O) groups excluding carboxylic acids is 2. The van der Waals surface area contributed by atoms with Crippen LogP contribution in [-0.2, 0) is 22.6 Å². The Bertz CT molecular complexity index is 966. The molecule has 1 atom stereocenters. The number of ether oxygens (including phenoxy) is 2. The third kappa shape index (κ3) is 5.17. The summed E-state index contributed by atoms with van der Waals surface area (Å²) < 4.78 is 10.8. The first-order chi connectivity index (χ1) is 16.2. The number of benzene rings is 1. The maximum Gasteiger partial charge on any atom is 0.237 e. The van der Waals surface area contributed by atoms with Crippen molar-refractivity contribution in [2.75, 3.05) is 33.0 Å². The summed E-state index contributed by atoms with van der Waals surface area (Å²) in [6, 6.07) is 9.67. The monoisotopic (exact) mass is 469 g/mol. The zero-order valence-electron chi connectivity index (χ0n) is 18.8. The lowest BCUT2D eigenvalue weighted by Crippen LogP contribution is -2.58. The highest BCUT2D eigenvalue weighted by Crippen LogP contribution is 2.33. The lowest BCUT2D eigenvalue weighted by atomic mass is 9.95. The minimum Gasteiger partial charge on any atom is -0.454 e. The molecular weight excluding hydrogens is 438 g/mol. The van der Waals surface area contributed by atoms with Gasteiger partial charge in [0.2, 0.25) is 18.6 Å². The van der Waals surface area contributed by atoms with Gasteiger partial charge in [0.15, 0.2) is 11.5 Å². The van der Waals surface area contributed by atoms with Crippen molar-refractivity contribution in [2.24, 2.45) is 5.92 Å². The Balaban J connectivity index is 1.19. The van der Waals surface area contributed by atoms with E-state index < -0.39 is 0 Å². The van der Waals surface area contributed by atoms with E-state index in [1.54, 1.807) is 11.3 Å². The van der Waals surface area contributed by atoms with Gasteiger partial charge in [-0.2, -0.15) is 0 Å². The van der Waals surface area contributed by atoms with Crippen molar-refractivity contribution in [1.82, 2.24) is 15.1 Å². The van der Waals surface area contributed by atoms with Crippen molar-refractivity contribution in [3.05, 3.63) is 46.2 Å². The molecule has 2 fully saturated rings. The molecule has 7 nitrogen and oxygen atoms in total. The molecule has 0 spiro atoms. The van der Waals surface area contributed by atoms with Crippen molar-refractivity contribution in [1.29, 1.82) is 0 Å². The molecule has 0 bridgehead atoms. The average molecular weight is 470 g/mol. The molecule has 3 aliphatic rings. The fourth-order valence-electron chi connectivity index (χ4n) is 5.22. The summed E-state index contributed by atoms with van der Waals surface area (Å²) in [7, 11) is 0. The van der Waals surface area contributed by atoms with Crippen molar-refractivity contribution >= 4 is 23.2 Å². The number of nitrogens with zero attached hydrogens (tertiary/aromatic N) is 2. The number of hydrogen-bond donors (Lipinski definition) is 1. The van der Waals surface area contributed by atoms with Crippen LogP contribution < -0.4 is 14.8 Å². The van der Waals surface area contributed by atoms with E-state index in [-0.39, 0.29) is 24.6 Å². The van der Waals surface area contributed by atoms with Gasteiger partial charge >= 0.3 is 0 Å². The minimum absolute atomic E-state index is 0.0953. The van der Waals surface area contributed by atoms with Gasteiger partial charge in [0.1, 0.15) is 0 Å². The SMILES string of the molecule is O=C(NCc1ccc2c(c1)OCO2)C(C1CCCC1)N1CCN(C(=O)Cc2cccs2)CC1. The van der Waals surface area contributed by atoms with Gasteiger partial charge in [-0.05, 0) is 47.9 Å². The van der Waals surface area contributed by atoms with E-state index in [0.717, 1.165) is 47.9 Å². The van der Waals surface area contributed by atoms with Gasteiger partial charge in [-0.1, -0.05) is 25.0 Å². The zero-order chi connectivity index (χ0) is 22.6. The molecule has 2 aromatic rings. The third-order valence-electron chi connectivity index (χ3n) is 6.98. The minimum atomic E-state index is -0.129. The van der Waals surface area contributed by atoms with Crippen LogP contribution in [-0.4, -0.2) is 60.6 Å². The summed E-state index contributed by atoms with van der Waals surface area (Å²) >= 11 is 1.63. The Morgan fingerprint density at radius 3 is 2.61 bits per heavy atom. The van der Waals surface area contributed by atoms with Crippen molar-refractivity contribution in [3.8, 4) is 11.5 Å². The fourth-order valence-corrected chi connectivity index (χ4v) is 5.92. The summed E-state index contributed by atoms with van der Waals surface area (Å²) in [5, 5.41) is 5.18. The van der Waals surface area contributed by atoms with Gasteiger partial charge in [-0.3, -0.25) is 14.5 Å². The molecule has 1 N–H and O–H groups in total. The van der Waals surface area contributed by atoms with E-state index in [0.29, 0.717) is 32.0 Å². The first-order valence-electron chi connectivity index (χ1n) is 11.9. The van der Waals surface area contributed by atoms with Crippen LogP contribution in [0.25, 0.3) is 0 Å². The molecule has 1 saturated carbocycles. The maximum absolute atomic E-state index is 13.4. The maximum atomic E-state index is 13.4. The summed E-state index contributed by atoms with van der Waals surface area (Å²) in [5.41, 5.74) is 1.00. The third-order valence-corrected chi connectivity index (χ3v) is 7.86. The van der Waals surface area contributed by atoms with Crippen LogP contribution in [0, 0.1) is 5.92 Å². The second-order valence-electron chi connectivity index (χ2n) is 9.07. The van der Waals surface area contributed by atoms with Crippen molar-refractivity contribution < 1.29 is 19.1 Å². The van der Waals surface area contributed by atoms with Crippen molar-refractivity contribution in [3.63, 3.8) is 0 Å². The Labute approximate surface area is 198 Å². The Morgan fingerprint density at radius 1 is 1.06 bits per heavy atom. The second-order valence-corrected chi connectivity index (χ2v) is 10.1. The normalized spacial score (nSPS) is 19.6. The molecule has 33 heavy (non-hydrogen) atoms. The van der Waals surface area contributed by atoms with Crippen molar-refractivity contribution in [2.45, 2.75) is 44.7 Å². The molecule has 5 rings (SSSR count). The van der Waals surface area contributed by atoms with Gasteiger partial charge in [0.25, 0.3) is 0 Å². The average Bonchev–Trinajstić information content (AvgIpc) is 3.61. The highest BCUT2D eigenvalue weighted by molar-refractivity contribution is 7.10. The molecule has 3 heterocycles. The van der Waals surface area contributed by atoms with E-state index >= 15 is 0 Å². The van der Waals surface area contributed by atoms with Gasteiger partial charge < -0.3 is 19.7 Å². The van der Waals surface area contributed by atoms with Gasteiger partial charge in [-0.25, -0.2) is 0 Å². The highest BCUT2D eigenvalue weighted by atomic mass is 32.1. The van der Waals surface area contributed by atoms with Crippen LogP contribution in [0.4, 0.5) is 0 Å². The fraction of sp³-hybridized carbons (Fsp3) is 0.520. The van der Waals surface area contributed by atoms with Crippen LogP contribution in [0.3, 0.4) is 0 Å². The molecule has 2 aliphatic heterocycles. The number of rotatable bonds is 7. The van der Waals surface area contributed by atoms with Crippen LogP contribution in [0.1, 0.15) is 36.1 Å². The predicted octanol–water partition coefficient (Wildman–Crippen LogP) is 3.04. The quantitative estimate of drug-likeness (QED) is 0.675. The smallest absolute Gasteiger partial charge is 0.237 e. The molecule has 1 aromatic heterocycles. The number of hydrogen-bond acceptors (Lipinski definition) is 6. The Morgan fingerprint density at radius 2 is 1.85 bits per heavy atom. The Kier molecular flexibility index (Phi) is 6.83. The van der Waals surface area contributed by atoms with Gasteiger partial charge in [0.05, 0.1) is 12.5 Å². The molecule has 0 radical (unpaired) electrons. The van der Waals surface area contributed by atoms with Crippen LogP contribution in [0.2, 0.25) is 0 Å². The molecule has 1 aromatic carbocycles. The second kappa shape index (κ2) is 10.1. The largest absolute Gasteiger partial charge is 0.454 e. The number of thiophene rings is 1. The van der Waals surface area contributed by atoms with Gasteiger partial charge in [0, 0.05) is 37.6 Å². The molecule has 176 valence electrons. The number of fused-ring (bicyclic) bond motifs is 1. The highest BCUT2D eigenvalue weighted by Gasteiger charge is 2.37. The topological polar surface area (TPSA) is 71.1 Å². The first-order valence-corrected chi connectivity index (χ1v) is 12.8. The summed E-state index contributed by atoms with van der Waals surface area (Å²) in [4.78, 5) is 31.4. The first kappa shape index (κ1) is 22.2. The van der Waals surface area contributed by atoms with E-state index in [2.05, 4.69) is 10.2 Å². The number of amides is 2. The van der Waals surface area contributed by atoms with E-state index in [9.17, 15) is 9.59 Å². The predicted molar refractivity (Wildman–Crippen MR) is 126 cm³/mol. The zero-order valence-corrected chi connectivity index (χ0v) is 19.6. The standard InChI is InChI=1S/C25H31N3O4S/c29-23(15-20-6-3-13-33-20)27-9-11-28(12-10-27)24(19-4-1-2-5-19)25(30)26-16-18-7-8-21-22(14-18)32-17-31-21/h3,6-8,13-14,19,24H,1-2,4-5,9-12,15-17H2,(H,26,30).